The Balaban J connectivity index is 1.63. The van der Waals surface area contributed by atoms with Crippen molar-refractivity contribution >= 4 is 17.3 Å². The fourth-order valence-electron chi connectivity index (χ4n) is 3.88. The van der Waals surface area contributed by atoms with E-state index in [0.29, 0.717) is 0 Å². The number of hydrogen-bond acceptors (Lipinski definition) is 4. The van der Waals surface area contributed by atoms with E-state index < -0.39 is 0 Å². The summed E-state index contributed by atoms with van der Waals surface area (Å²) in [6.45, 7) is 3.39. The van der Waals surface area contributed by atoms with Crippen LogP contribution in [-0.4, -0.2) is 40.9 Å². The lowest BCUT2D eigenvalue weighted by molar-refractivity contribution is -0.112. The van der Waals surface area contributed by atoms with Crippen molar-refractivity contribution in [2.75, 3.05) is 20.2 Å². The third-order valence-corrected chi connectivity index (χ3v) is 5.33. The molecule has 3 aromatic rings. The predicted molar refractivity (Wildman–Crippen MR) is 106 cm³/mol. The topological polar surface area (TPSA) is 47.4 Å². The lowest BCUT2D eigenvalue weighted by atomic mass is 10.00. The van der Waals surface area contributed by atoms with Gasteiger partial charge in [0.25, 0.3) is 0 Å². The first kappa shape index (κ1) is 17.7. The van der Waals surface area contributed by atoms with E-state index in [9.17, 15) is 4.79 Å². The number of aromatic nitrogens is 2. The van der Waals surface area contributed by atoms with E-state index in [-0.39, 0.29) is 5.92 Å². The third kappa shape index (κ3) is 3.88. The number of ether oxygens (including phenoxy) is 1. The van der Waals surface area contributed by atoms with Gasteiger partial charge in [-0.05, 0) is 49.2 Å². The van der Waals surface area contributed by atoms with Gasteiger partial charge in [0.1, 0.15) is 17.9 Å². The molecule has 1 aliphatic rings. The third-order valence-electron chi connectivity index (χ3n) is 5.33. The molecule has 0 spiro atoms. The summed E-state index contributed by atoms with van der Waals surface area (Å²) < 4.78 is 7.56. The van der Waals surface area contributed by atoms with Gasteiger partial charge in [-0.2, -0.15) is 0 Å². The highest BCUT2D eigenvalue weighted by Crippen LogP contribution is 2.22. The number of carbonyl (C=O) groups is 1. The van der Waals surface area contributed by atoms with Crippen LogP contribution in [0.3, 0.4) is 0 Å². The lowest BCUT2D eigenvalue weighted by Gasteiger charge is -2.29. The van der Waals surface area contributed by atoms with Crippen LogP contribution in [-0.2, 0) is 17.9 Å². The molecule has 0 aliphatic carbocycles. The first-order valence-corrected chi connectivity index (χ1v) is 9.51. The van der Waals surface area contributed by atoms with Crippen molar-refractivity contribution in [1.29, 1.82) is 0 Å². The quantitative estimate of drug-likeness (QED) is 0.629. The van der Waals surface area contributed by atoms with Crippen LogP contribution in [0, 0.1) is 5.92 Å². The van der Waals surface area contributed by atoms with E-state index in [1.807, 2.05) is 18.2 Å². The van der Waals surface area contributed by atoms with Gasteiger partial charge in [-0.15, -0.1) is 0 Å². The maximum Gasteiger partial charge on any atom is 0.124 e. The number of imidazole rings is 1. The molecule has 27 heavy (non-hydrogen) atoms. The van der Waals surface area contributed by atoms with Crippen LogP contribution in [0.25, 0.3) is 11.0 Å². The van der Waals surface area contributed by atoms with Crippen LogP contribution in [0.15, 0.2) is 48.5 Å². The van der Waals surface area contributed by atoms with Gasteiger partial charge in [-0.3, -0.25) is 4.90 Å². The highest BCUT2D eigenvalue weighted by Gasteiger charge is 2.21. The number of piperidine rings is 1. The molecule has 2 aromatic carbocycles. The summed E-state index contributed by atoms with van der Waals surface area (Å²) in [7, 11) is 1.68. The summed E-state index contributed by atoms with van der Waals surface area (Å²) in [5, 5.41) is 0. The van der Waals surface area contributed by atoms with Crippen molar-refractivity contribution in [3.05, 3.63) is 59.9 Å². The number of fused-ring (bicyclic) bond motifs is 1. The maximum absolute atomic E-state index is 11.2. The van der Waals surface area contributed by atoms with Crippen molar-refractivity contribution in [1.82, 2.24) is 14.5 Å². The molecule has 0 bridgehead atoms. The van der Waals surface area contributed by atoms with E-state index in [1.54, 1.807) is 7.11 Å². The van der Waals surface area contributed by atoms with Crippen molar-refractivity contribution < 1.29 is 9.53 Å². The average molecular weight is 363 g/mol. The van der Waals surface area contributed by atoms with Gasteiger partial charge >= 0.3 is 0 Å². The van der Waals surface area contributed by atoms with E-state index in [0.717, 1.165) is 67.9 Å². The van der Waals surface area contributed by atoms with Crippen molar-refractivity contribution in [2.45, 2.75) is 25.9 Å². The molecule has 5 nitrogen and oxygen atoms in total. The molecule has 2 heterocycles. The minimum absolute atomic E-state index is 0.151. The summed E-state index contributed by atoms with van der Waals surface area (Å²) in [5.41, 5.74) is 3.38. The molecule has 0 N–H and O–H groups in total. The van der Waals surface area contributed by atoms with Crippen LogP contribution in [0.2, 0.25) is 0 Å². The highest BCUT2D eigenvalue weighted by atomic mass is 16.5. The van der Waals surface area contributed by atoms with Crippen LogP contribution in [0.5, 0.6) is 5.75 Å². The molecule has 4 rings (SSSR count). The summed E-state index contributed by atoms with van der Waals surface area (Å²) in [6, 6.07) is 16.5. The van der Waals surface area contributed by atoms with Crippen LogP contribution >= 0.6 is 0 Å². The zero-order valence-corrected chi connectivity index (χ0v) is 15.7. The van der Waals surface area contributed by atoms with Gasteiger partial charge in [0.2, 0.25) is 0 Å². The number of methoxy groups -OCH3 is 1. The molecule has 0 saturated carbocycles. The van der Waals surface area contributed by atoms with Crippen LogP contribution in [0.1, 0.15) is 24.2 Å². The Bertz CT molecular complexity index is 917. The molecule has 1 atom stereocenters. The normalized spacial score (nSPS) is 17.9. The first-order valence-electron chi connectivity index (χ1n) is 9.51. The summed E-state index contributed by atoms with van der Waals surface area (Å²) in [5.74, 6) is 2.07. The fourth-order valence-corrected chi connectivity index (χ4v) is 3.88. The monoisotopic (exact) mass is 363 g/mol. The highest BCUT2D eigenvalue weighted by molar-refractivity contribution is 5.76. The number of rotatable bonds is 6. The molecule has 1 aliphatic heterocycles. The number of hydrogen-bond donors (Lipinski definition) is 0. The predicted octanol–water partition coefficient (Wildman–Crippen LogP) is 3.50. The molecule has 1 aromatic heterocycles. The Kier molecular flexibility index (Phi) is 5.21. The van der Waals surface area contributed by atoms with Crippen LogP contribution < -0.4 is 4.74 Å². The zero-order chi connectivity index (χ0) is 18.6. The first-order chi connectivity index (χ1) is 13.3. The molecule has 0 unspecified atom stereocenters. The molecule has 5 heteroatoms. The van der Waals surface area contributed by atoms with Crippen molar-refractivity contribution in [2.24, 2.45) is 5.92 Å². The van der Waals surface area contributed by atoms with Gasteiger partial charge in [0.05, 0.1) is 24.7 Å². The number of nitrogens with zero attached hydrogens (tertiary/aromatic N) is 3. The number of carbonyl (C=O) groups excluding carboxylic acids is 1. The molecule has 140 valence electrons. The number of para-hydroxylation sites is 2. The molecule has 1 fully saturated rings. The smallest absolute Gasteiger partial charge is 0.124 e. The molecule has 0 amide bonds. The second kappa shape index (κ2) is 7.92. The van der Waals surface area contributed by atoms with Crippen molar-refractivity contribution in [3.63, 3.8) is 0 Å². The van der Waals surface area contributed by atoms with E-state index in [1.165, 1.54) is 5.56 Å². The van der Waals surface area contributed by atoms with E-state index in [2.05, 4.69) is 39.8 Å². The largest absolute Gasteiger partial charge is 0.497 e. The standard InChI is InChI=1S/C22H25N3O2/c1-27-19-10-8-17(9-11-19)14-25-21-7-3-2-6-20(21)23-22(25)15-24-12-4-5-18(13-24)16-26/h2-3,6-11,16,18H,4-5,12-15H2,1H3/t18-/m0/s1. The van der Waals surface area contributed by atoms with Gasteiger partial charge in [-0.1, -0.05) is 24.3 Å². The maximum atomic E-state index is 11.2. The van der Waals surface area contributed by atoms with Gasteiger partial charge in [0, 0.05) is 19.0 Å². The van der Waals surface area contributed by atoms with Gasteiger partial charge in [-0.25, -0.2) is 4.98 Å². The van der Waals surface area contributed by atoms with Gasteiger partial charge in [0.15, 0.2) is 0 Å². The number of likely N-dealkylation sites (tertiary alicyclic amines) is 1. The zero-order valence-electron chi connectivity index (χ0n) is 15.7. The Morgan fingerprint density at radius 2 is 1.96 bits per heavy atom. The van der Waals surface area contributed by atoms with E-state index >= 15 is 0 Å². The molecule has 1 saturated heterocycles. The fraction of sp³-hybridized carbons (Fsp3) is 0.364. The SMILES string of the molecule is COc1ccc(Cn2c(CN3CCC[C@H](C=O)C3)nc3ccccc32)cc1. The summed E-state index contributed by atoms with van der Waals surface area (Å²) in [4.78, 5) is 18.5. The Morgan fingerprint density at radius 1 is 1.15 bits per heavy atom. The number of aldehydes is 1. The Labute approximate surface area is 159 Å². The second-order valence-electron chi connectivity index (χ2n) is 7.22. The molecule has 0 radical (unpaired) electrons. The minimum atomic E-state index is 0.151. The minimum Gasteiger partial charge on any atom is -0.497 e. The molecular formula is C22H25N3O2. The van der Waals surface area contributed by atoms with Crippen molar-refractivity contribution in [3.8, 4) is 5.75 Å². The van der Waals surface area contributed by atoms with E-state index in [4.69, 9.17) is 9.72 Å². The summed E-state index contributed by atoms with van der Waals surface area (Å²) in [6.07, 6.45) is 3.18. The average Bonchev–Trinajstić information content (AvgIpc) is 3.06. The van der Waals surface area contributed by atoms with Gasteiger partial charge < -0.3 is 14.1 Å². The van der Waals surface area contributed by atoms with Crippen LogP contribution in [0.4, 0.5) is 0 Å². The molecular weight excluding hydrogens is 338 g/mol. The second-order valence-corrected chi connectivity index (χ2v) is 7.22. The Hall–Kier alpha value is -2.66. The summed E-state index contributed by atoms with van der Waals surface area (Å²) >= 11 is 0. The lowest BCUT2D eigenvalue weighted by Crippen LogP contribution is -2.36. The number of benzene rings is 2. The Morgan fingerprint density at radius 3 is 2.74 bits per heavy atom.